The highest BCUT2D eigenvalue weighted by Crippen LogP contribution is 2.32. The quantitative estimate of drug-likeness (QED) is 0.398. The zero-order chi connectivity index (χ0) is 22.3. The van der Waals surface area contributed by atoms with Crippen LogP contribution in [-0.4, -0.2) is 18.5 Å². The first-order valence-electron chi connectivity index (χ1n) is 10.8. The van der Waals surface area contributed by atoms with Gasteiger partial charge in [0.05, 0.1) is 18.6 Å². The monoisotopic (exact) mass is 410 g/mol. The minimum absolute atomic E-state index is 0.0666. The zero-order valence-corrected chi connectivity index (χ0v) is 19.1. The van der Waals surface area contributed by atoms with Gasteiger partial charge in [0.15, 0.2) is 0 Å². The molecule has 0 bridgehead atoms. The predicted octanol–water partition coefficient (Wildman–Crippen LogP) is 5.96. The van der Waals surface area contributed by atoms with Crippen molar-refractivity contribution in [1.82, 2.24) is 0 Å². The fraction of sp³-hybridized carbons (Fsp3) is 0.462. The van der Waals surface area contributed by atoms with Crippen molar-refractivity contribution in [2.45, 2.75) is 72.6 Å². The number of unbranched alkanes of at least 4 members (excludes halogenated alkanes) is 1. The Balaban J connectivity index is 2.32. The summed E-state index contributed by atoms with van der Waals surface area (Å²) < 4.78 is 10.9. The molecule has 2 aromatic rings. The molecule has 0 aliphatic rings. The van der Waals surface area contributed by atoms with E-state index in [2.05, 4.69) is 27.7 Å². The number of ether oxygens (including phenoxy) is 2. The molecule has 0 atom stereocenters. The molecule has 0 aromatic heterocycles. The molecule has 4 nitrogen and oxygen atoms in total. The summed E-state index contributed by atoms with van der Waals surface area (Å²) in [5.74, 6) is -0.314. The van der Waals surface area contributed by atoms with E-state index in [9.17, 15) is 9.59 Å². The van der Waals surface area contributed by atoms with Crippen molar-refractivity contribution >= 4 is 11.9 Å². The molecule has 0 aliphatic heterocycles. The van der Waals surface area contributed by atoms with Crippen LogP contribution in [0.5, 0.6) is 5.75 Å². The van der Waals surface area contributed by atoms with Gasteiger partial charge in [-0.25, -0.2) is 4.79 Å². The Hall–Kier alpha value is -2.62. The van der Waals surface area contributed by atoms with E-state index in [0.29, 0.717) is 23.5 Å². The van der Waals surface area contributed by atoms with Crippen molar-refractivity contribution in [3.8, 4) is 5.75 Å². The van der Waals surface area contributed by atoms with Gasteiger partial charge in [0, 0.05) is 5.56 Å². The van der Waals surface area contributed by atoms with Crippen LogP contribution in [0.4, 0.5) is 0 Å². The first-order valence-corrected chi connectivity index (χ1v) is 10.8. The van der Waals surface area contributed by atoms with Gasteiger partial charge in [-0.05, 0) is 60.9 Å². The number of hydrogen-bond donors (Lipinski definition) is 0. The van der Waals surface area contributed by atoms with Crippen LogP contribution in [0.25, 0.3) is 0 Å². The van der Waals surface area contributed by atoms with Crippen molar-refractivity contribution in [1.29, 1.82) is 0 Å². The number of esters is 2. The van der Waals surface area contributed by atoms with Crippen LogP contribution < -0.4 is 4.74 Å². The number of carbonyl (C=O) groups is 2. The van der Waals surface area contributed by atoms with E-state index in [1.54, 1.807) is 19.1 Å². The summed E-state index contributed by atoms with van der Waals surface area (Å²) in [7, 11) is 0. The summed E-state index contributed by atoms with van der Waals surface area (Å²) in [4.78, 5) is 25.0. The first-order chi connectivity index (χ1) is 14.2. The molecule has 0 unspecified atom stereocenters. The Labute approximate surface area is 180 Å². The molecule has 0 amide bonds. The van der Waals surface area contributed by atoms with E-state index < -0.39 is 5.97 Å². The number of carbonyl (C=O) groups excluding carboxylic acids is 2. The van der Waals surface area contributed by atoms with E-state index in [0.717, 1.165) is 30.4 Å². The van der Waals surface area contributed by atoms with Gasteiger partial charge >= 0.3 is 11.9 Å². The molecule has 0 saturated carbocycles. The Morgan fingerprint density at radius 1 is 1.00 bits per heavy atom. The molecule has 2 rings (SSSR count). The summed E-state index contributed by atoms with van der Waals surface area (Å²) in [5.41, 5.74) is 4.20. The van der Waals surface area contributed by atoms with Crippen LogP contribution in [-0.2, 0) is 27.8 Å². The van der Waals surface area contributed by atoms with E-state index in [1.165, 1.54) is 5.56 Å². The summed E-state index contributed by atoms with van der Waals surface area (Å²) >= 11 is 0. The number of benzene rings is 2. The predicted molar refractivity (Wildman–Crippen MR) is 120 cm³/mol. The molecule has 0 heterocycles. The highest BCUT2D eigenvalue weighted by molar-refractivity contribution is 5.91. The van der Waals surface area contributed by atoms with E-state index in [-0.39, 0.29) is 17.8 Å². The van der Waals surface area contributed by atoms with Crippen LogP contribution in [0.1, 0.15) is 80.1 Å². The van der Waals surface area contributed by atoms with Gasteiger partial charge in [0.25, 0.3) is 0 Å². The highest BCUT2D eigenvalue weighted by Gasteiger charge is 2.22. The molecule has 162 valence electrons. The van der Waals surface area contributed by atoms with Crippen LogP contribution >= 0.6 is 0 Å². The van der Waals surface area contributed by atoms with E-state index >= 15 is 0 Å². The van der Waals surface area contributed by atoms with Crippen LogP contribution in [0, 0.1) is 6.92 Å². The summed E-state index contributed by atoms with van der Waals surface area (Å²) in [6.45, 7) is 12.5. The Morgan fingerprint density at radius 2 is 1.67 bits per heavy atom. The molecule has 2 aromatic carbocycles. The second-order valence-electron chi connectivity index (χ2n) is 8.70. The molecule has 0 saturated heterocycles. The smallest absolute Gasteiger partial charge is 0.343 e. The minimum Gasteiger partial charge on any atom is -0.466 e. The van der Waals surface area contributed by atoms with E-state index in [1.807, 2.05) is 31.2 Å². The van der Waals surface area contributed by atoms with Crippen LogP contribution in [0.15, 0.2) is 36.4 Å². The lowest BCUT2D eigenvalue weighted by atomic mass is 9.84. The lowest BCUT2D eigenvalue weighted by Gasteiger charge is -2.23. The van der Waals surface area contributed by atoms with Crippen LogP contribution in [0.2, 0.25) is 0 Å². The molecular formula is C26H34O4. The number of aryl methyl sites for hydroxylation is 2. The fourth-order valence-corrected chi connectivity index (χ4v) is 3.26. The van der Waals surface area contributed by atoms with Gasteiger partial charge in [-0.2, -0.15) is 0 Å². The van der Waals surface area contributed by atoms with Crippen molar-refractivity contribution in [2.24, 2.45) is 0 Å². The van der Waals surface area contributed by atoms with Gasteiger partial charge in [0.1, 0.15) is 5.75 Å². The SMILES string of the molecule is CCCCc1ccc(C(=O)Oc2c(C)cc(C(C)(C)C)cc2CC(=O)OCC)cc1. The molecule has 0 fully saturated rings. The second-order valence-corrected chi connectivity index (χ2v) is 8.70. The Morgan fingerprint density at radius 3 is 2.23 bits per heavy atom. The second kappa shape index (κ2) is 10.4. The molecule has 4 heteroatoms. The highest BCUT2D eigenvalue weighted by atomic mass is 16.5. The fourth-order valence-electron chi connectivity index (χ4n) is 3.26. The van der Waals surface area contributed by atoms with Gasteiger partial charge < -0.3 is 9.47 Å². The summed E-state index contributed by atoms with van der Waals surface area (Å²) in [5, 5.41) is 0. The van der Waals surface area contributed by atoms with Crippen molar-refractivity contribution in [3.63, 3.8) is 0 Å². The first kappa shape index (κ1) is 23.7. The van der Waals surface area contributed by atoms with Gasteiger partial charge in [-0.1, -0.05) is 58.4 Å². The maximum Gasteiger partial charge on any atom is 0.343 e. The summed E-state index contributed by atoms with van der Waals surface area (Å²) in [6.07, 6.45) is 3.33. The Kier molecular flexibility index (Phi) is 8.22. The normalized spacial score (nSPS) is 11.3. The third-order valence-corrected chi connectivity index (χ3v) is 5.06. The maximum absolute atomic E-state index is 12.8. The lowest BCUT2D eigenvalue weighted by molar-refractivity contribution is -0.142. The molecule has 30 heavy (non-hydrogen) atoms. The van der Waals surface area contributed by atoms with Crippen molar-refractivity contribution in [2.75, 3.05) is 6.61 Å². The molecule has 0 aliphatic carbocycles. The van der Waals surface area contributed by atoms with Crippen molar-refractivity contribution in [3.05, 3.63) is 64.2 Å². The van der Waals surface area contributed by atoms with Gasteiger partial charge in [0.2, 0.25) is 0 Å². The van der Waals surface area contributed by atoms with Crippen molar-refractivity contribution < 1.29 is 19.1 Å². The third-order valence-electron chi connectivity index (χ3n) is 5.06. The molecular weight excluding hydrogens is 376 g/mol. The van der Waals surface area contributed by atoms with Gasteiger partial charge in [-0.3, -0.25) is 4.79 Å². The minimum atomic E-state index is -0.422. The standard InChI is InChI=1S/C26H34O4/c1-7-9-10-19-11-13-20(14-12-19)25(28)30-24-18(3)15-22(26(4,5)6)16-21(24)17-23(27)29-8-2/h11-16H,7-10,17H2,1-6H3. The topological polar surface area (TPSA) is 52.6 Å². The summed E-state index contributed by atoms with van der Waals surface area (Å²) in [6, 6.07) is 11.5. The molecule has 0 N–H and O–H groups in total. The van der Waals surface area contributed by atoms with Crippen LogP contribution in [0.3, 0.4) is 0 Å². The largest absolute Gasteiger partial charge is 0.466 e. The number of hydrogen-bond acceptors (Lipinski definition) is 4. The molecule has 0 radical (unpaired) electrons. The maximum atomic E-state index is 12.8. The molecule has 0 spiro atoms. The third kappa shape index (κ3) is 6.45. The lowest BCUT2D eigenvalue weighted by Crippen LogP contribution is -2.17. The number of rotatable bonds is 8. The zero-order valence-electron chi connectivity index (χ0n) is 19.1. The average Bonchev–Trinajstić information content (AvgIpc) is 2.68. The van der Waals surface area contributed by atoms with Gasteiger partial charge in [-0.15, -0.1) is 0 Å². The van der Waals surface area contributed by atoms with E-state index in [4.69, 9.17) is 9.47 Å². The average molecular weight is 411 g/mol. The Bertz CT molecular complexity index is 873.